The van der Waals surface area contributed by atoms with E-state index in [1.54, 1.807) is 7.11 Å². The van der Waals surface area contributed by atoms with Crippen molar-refractivity contribution in [2.75, 3.05) is 7.11 Å². The molecular weight excluding hydrogens is 162 g/mol. The Bertz CT molecular complexity index is 294. The summed E-state index contributed by atoms with van der Waals surface area (Å²) in [5.74, 6) is 0. The molecule has 0 aromatic carbocycles. The predicted molar refractivity (Wildman–Crippen MR) is 53.8 cm³/mol. The summed E-state index contributed by atoms with van der Waals surface area (Å²) in [6, 6.07) is 2.21. The molecule has 13 heavy (non-hydrogen) atoms. The molecule has 0 unspecified atom stereocenters. The lowest BCUT2D eigenvalue weighted by molar-refractivity contribution is 0.180. The van der Waals surface area contributed by atoms with Crippen LogP contribution in [0.3, 0.4) is 0 Å². The number of methoxy groups -OCH3 is 1. The van der Waals surface area contributed by atoms with Crippen LogP contribution in [-0.2, 0) is 17.8 Å². The van der Waals surface area contributed by atoms with Crippen molar-refractivity contribution in [1.29, 1.82) is 0 Å². The normalized spacial score (nSPS) is 10.5. The largest absolute Gasteiger partial charge is 0.378 e. The first-order chi connectivity index (χ1) is 6.19. The van der Waals surface area contributed by atoms with Crippen LogP contribution >= 0.6 is 0 Å². The molecule has 72 valence electrons. The van der Waals surface area contributed by atoms with Crippen LogP contribution in [0.25, 0.3) is 0 Å². The summed E-state index contributed by atoms with van der Waals surface area (Å²) < 4.78 is 5.10. The molecular formula is C11H17NO. The maximum Gasteiger partial charge on any atom is 0.0886 e. The van der Waals surface area contributed by atoms with E-state index in [-0.39, 0.29) is 0 Å². The van der Waals surface area contributed by atoms with Gasteiger partial charge in [-0.2, -0.15) is 0 Å². The van der Waals surface area contributed by atoms with Crippen LogP contribution in [0.15, 0.2) is 6.07 Å². The average Bonchev–Trinajstić information content (AvgIpc) is 2.11. The van der Waals surface area contributed by atoms with E-state index in [0.29, 0.717) is 6.61 Å². The molecule has 0 bridgehead atoms. The fourth-order valence-corrected chi connectivity index (χ4v) is 1.38. The van der Waals surface area contributed by atoms with Gasteiger partial charge in [0.05, 0.1) is 12.3 Å². The predicted octanol–water partition coefficient (Wildman–Crippen LogP) is 2.41. The van der Waals surface area contributed by atoms with E-state index >= 15 is 0 Å². The van der Waals surface area contributed by atoms with Gasteiger partial charge in [-0.1, -0.05) is 13.0 Å². The van der Waals surface area contributed by atoms with Crippen molar-refractivity contribution in [3.05, 3.63) is 28.6 Å². The molecule has 0 saturated heterocycles. The van der Waals surface area contributed by atoms with Gasteiger partial charge in [-0.05, 0) is 31.4 Å². The summed E-state index contributed by atoms with van der Waals surface area (Å²) in [5.41, 5.74) is 4.74. The zero-order valence-electron chi connectivity index (χ0n) is 8.85. The van der Waals surface area contributed by atoms with E-state index < -0.39 is 0 Å². The molecule has 0 aliphatic heterocycles. The van der Waals surface area contributed by atoms with Gasteiger partial charge in [-0.25, -0.2) is 0 Å². The second-order valence-electron chi connectivity index (χ2n) is 3.28. The van der Waals surface area contributed by atoms with Gasteiger partial charge in [0.2, 0.25) is 0 Å². The second-order valence-corrected chi connectivity index (χ2v) is 3.28. The van der Waals surface area contributed by atoms with Gasteiger partial charge in [0.1, 0.15) is 0 Å². The summed E-state index contributed by atoms with van der Waals surface area (Å²) in [5, 5.41) is 0. The van der Waals surface area contributed by atoms with Crippen molar-refractivity contribution in [2.24, 2.45) is 0 Å². The van der Waals surface area contributed by atoms with Crippen LogP contribution in [0, 0.1) is 13.8 Å². The van der Waals surface area contributed by atoms with Crippen LogP contribution < -0.4 is 0 Å². The monoisotopic (exact) mass is 179 g/mol. The zero-order valence-corrected chi connectivity index (χ0v) is 8.85. The molecule has 1 aromatic heterocycles. The lowest BCUT2D eigenvalue weighted by Crippen LogP contribution is -2.02. The molecule has 0 amide bonds. The second kappa shape index (κ2) is 4.38. The van der Waals surface area contributed by atoms with Crippen LogP contribution in [0.5, 0.6) is 0 Å². The Morgan fingerprint density at radius 2 is 2.08 bits per heavy atom. The number of aromatic nitrogens is 1. The standard InChI is InChI=1S/C11H17NO/c1-5-10-6-8(2)9(3)12-11(10)7-13-4/h6H,5,7H2,1-4H3. The van der Waals surface area contributed by atoms with E-state index in [2.05, 4.69) is 24.9 Å². The van der Waals surface area contributed by atoms with Crippen molar-refractivity contribution in [3.63, 3.8) is 0 Å². The van der Waals surface area contributed by atoms with Crippen LogP contribution in [0.2, 0.25) is 0 Å². The highest BCUT2D eigenvalue weighted by Gasteiger charge is 2.04. The Kier molecular flexibility index (Phi) is 3.43. The Hall–Kier alpha value is -0.890. The molecule has 2 heteroatoms. The minimum Gasteiger partial charge on any atom is -0.378 e. The quantitative estimate of drug-likeness (QED) is 0.711. The molecule has 2 nitrogen and oxygen atoms in total. The highest BCUT2D eigenvalue weighted by Crippen LogP contribution is 2.13. The fourth-order valence-electron chi connectivity index (χ4n) is 1.38. The topological polar surface area (TPSA) is 22.1 Å². The van der Waals surface area contributed by atoms with Gasteiger partial charge in [-0.15, -0.1) is 0 Å². The molecule has 1 heterocycles. The first kappa shape index (κ1) is 10.2. The van der Waals surface area contributed by atoms with Gasteiger partial charge < -0.3 is 4.74 Å². The lowest BCUT2D eigenvalue weighted by atomic mass is 10.1. The summed E-state index contributed by atoms with van der Waals surface area (Å²) in [6.45, 7) is 6.89. The summed E-state index contributed by atoms with van der Waals surface area (Å²) in [6.07, 6.45) is 1.02. The van der Waals surface area contributed by atoms with Gasteiger partial charge in [0, 0.05) is 12.8 Å². The molecule has 1 rings (SSSR count). The highest BCUT2D eigenvalue weighted by atomic mass is 16.5. The Morgan fingerprint density at radius 3 is 2.62 bits per heavy atom. The number of rotatable bonds is 3. The van der Waals surface area contributed by atoms with Crippen molar-refractivity contribution >= 4 is 0 Å². The number of hydrogen-bond donors (Lipinski definition) is 0. The summed E-state index contributed by atoms with van der Waals surface area (Å²) in [4.78, 5) is 4.51. The summed E-state index contributed by atoms with van der Waals surface area (Å²) in [7, 11) is 1.70. The first-order valence-corrected chi connectivity index (χ1v) is 4.64. The molecule has 0 aliphatic rings. The molecule has 1 aromatic rings. The van der Waals surface area contributed by atoms with Gasteiger partial charge in [0.25, 0.3) is 0 Å². The zero-order chi connectivity index (χ0) is 9.84. The third kappa shape index (κ3) is 2.28. The number of aryl methyl sites for hydroxylation is 3. The molecule has 0 spiro atoms. The molecule has 0 N–H and O–H groups in total. The smallest absolute Gasteiger partial charge is 0.0886 e. The molecule has 0 radical (unpaired) electrons. The minimum absolute atomic E-state index is 0.615. The van der Waals surface area contributed by atoms with Crippen LogP contribution in [0.4, 0.5) is 0 Å². The molecule has 0 saturated carbocycles. The van der Waals surface area contributed by atoms with Crippen molar-refractivity contribution in [2.45, 2.75) is 33.8 Å². The maximum atomic E-state index is 5.10. The average molecular weight is 179 g/mol. The minimum atomic E-state index is 0.615. The van der Waals surface area contributed by atoms with E-state index in [4.69, 9.17) is 4.74 Å². The van der Waals surface area contributed by atoms with Crippen molar-refractivity contribution in [3.8, 4) is 0 Å². The first-order valence-electron chi connectivity index (χ1n) is 4.64. The van der Waals surface area contributed by atoms with E-state index in [1.807, 2.05) is 6.92 Å². The SMILES string of the molecule is CCc1cc(C)c(C)nc1COC. The Morgan fingerprint density at radius 1 is 1.38 bits per heavy atom. The van der Waals surface area contributed by atoms with Gasteiger partial charge in [-0.3, -0.25) is 4.98 Å². The fraction of sp³-hybridized carbons (Fsp3) is 0.545. The number of pyridine rings is 1. The number of ether oxygens (including phenoxy) is 1. The highest BCUT2D eigenvalue weighted by molar-refractivity contribution is 5.28. The van der Waals surface area contributed by atoms with Crippen molar-refractivity contribution < 1.29 is 4.74 Å². The Balaban J connectivity index is 3.09. The van der Waals surface area contributed by atoms with Crippen LogP contribution in [0.1, 0.15) is 29.4 Å². The molecule has 0 atom stereocenters. The third-order valence-corrected chi connectivity index (χ3v) is 2.30. The number of nitrogens with zero attached hydrogens (tertiary/aromatic N) is 1. The maximum absolute atomic E-state index is 5.10. The van der Waals surface area contributed by atoms with E-state index in [9.17, 15) is 0 Å². The molecule has 0 aliphatic carbocycles. The number of hydrogen-bond acceptors (Lipinski definition) is 2. The third-order valence-electron chi connectivity index (χ3n) is 2.30. The van der Waals surface area contributed by atoms with E-state index in [1.165, 1.54) is 11.1 Å². The molecule has 0 fully saturated rings. The van der Waals surface area contributed by atoms with Gasteiger partial charge >= 0.3 is 0 Å². The Labute approximate surface area is 80.0 Å². The lowest BCUT2D eigenvalue weighted by Gasteiger charge is -2.09. The summed E-state index contributed by atoms with van der Waals surface area (Å²) >= 11 is 0. The van der Waals surface area contributed by atoms with E-state index in [0.717, 1.165) is 17.8 Å². The van der Waals surface area contributed by atoms with Gasteiger partial charge in [0.15, 0.2) is 0 Å². The van der Waals surface area contributed by atoms with Crippen LogP contribution in [-0.4, -0.2) is 12.1 Å². The van der Waals surface area contributed by atoms with Crippen molar-refractivity contribution in [1.82, 2.24) is 4.98 Å².